The van der Waals surface area contributed by atoms with Gasteiger partial charge < -0.3 is 18.8 Å². The summed E-state index contributed by atoms with van der Waals surface area (Å²) in [5, 5.41) is 0. The highest BCUT2D eigenvalue weighted by atomic mass is 79.9. The second-order valence-corrected chi connectivity index (χ2v) is 6.04. The van der Waals surface area contributed by atoms with Gasteiger partial charge in [-0.3, -0.25) is 4.79 Å². The fourth-order valence-electron chi connectivity index (χ4n) is 2.00. The Kier molecular flexibility index (Phi) is 6.03. The molecular formula is C17H18BrNO5. The van der Waals surface area contributed by atoms with Gasteiger partial charge in [0.2, 0.25) is 0 Å². The van der Waals surface area contributed by atoms with Crippen molar-refractivity contribution in [2.45, 2.75) is 13.5 Å². The van der Waals surface area contributed by atoms with Gasteiger partial charge in [0, 0.05) is 7.05 Å². The van der Waals surface area contributed by atoms with Gasteiger partial charge in [-0.15, -0.1) is 0 Å². The molecule has 0 atom stereocenters. The SMILES string of the molecule is COC(=O)c1ccc(OCC(=O)N(C)Cc2ccc(C)o2)c(Br)c1. The van der Waals surface area contributed by atoms with E-state index in [1.165, 1.54) is 12.0 Å². The molecule has 128 valence electrons. The van der Waals surface area contributed by atoms with Crippen molar-refractivity contribution >= 4 is 27.8 Å². The third kappa shape index (κ3) is 4.61. The molecule has 7 heteroatoms. The normalized spacial score (nSPS) is 10.3. The van der Waals surface area contributed by atoms with Crippen LogP contribution in [0.4, 0.5) is 0 Å². The Morgan fingerprint density at radius 2 is 2.00 bits per heavy atom. The van der Waals surface area contributed by atoms with Crippen LogP contribution in [0.1, 0.15) is 21.9 Å². The fraction of sp³-hybridized carbons (Fsp3) is 0.294. The summed E-state index contributed by atoms with van der Waals surface area (Å²) in [4.78, 5) is 25.1. The lowest BCUT2D eigenvalue weighted by Crippen LogP contribution is -2.30. The van der Waals surface area contributed by atoms with E-state index >= 15 is 0 Å². The van der Waals surface area contributed by atoms with Crippen LogP contribution >= 0.6 is 15.9 Å². The number of furan rings is 1. The summed E-state index contributed by atoms with van der Waals surface area (Å²) in [6.07, 6.45) is 0. The minimum Gasteiger partial charge on any atom is -0.483 e. The topological polar surface area (TPSA) is 69.0 Å². The number of likely N-dealkylation sites (N-methyl/N-ethyl adjacent to an activating group) is 1. The van der Waals surface area contributed by atoms with E-state index in [0.29, 0.717) is 28.1 Å². The van der Waals surface area contributed by atoms with Crippen LogP contribution in [-0.4, -0.2) is 37.5 Å². The Morgan fingerprint density at radius 1 is 1.25 bits per heavy atom. The average Bonchev–Trinajstić information content (AvgIpc) is 2.97. The minimum absolute atomic E-state index is 0.119. The molecule has 0 aliphatic heterocycles. The Balaban J connectivity index is 1.92. The van der Waals surface area contributed by atoms with E-state index in [0.717, 1.165) is 5.76 Å². The fourth-order valence-corrected chi connectivity index (χ4v) is 2.50. The molecule has 1 aromatic carbocycles. The summed E-state index contributed by atoms with van der Waals surface area (Å²) in [7, 11) is 2.99. The third-order valence-electron chi connectivity index (χ3n) is 3.32. The number of rotatable bonds is 6. The van der Waals surface area contributed by atoms with Gasteiger partial charge in [-0.25, -0.2) is 4.79 Å². The zero-order valence-corrected chi connectivity index (χ0v) is 15.3. The van der Waals surface area contributed by atoms with E-state index in [-0.39, 0.29) is 12.5 Å². The van der Waals surface area contributed by atoms with Gasteiger partial charge in [0.05, 0.1) is 23.7 Å². The maximum absolute atomic E-state index is 12.1. The van der Waals surface area contributed by atoms with Crippen molar-refractivity contribution < 1.29 is 23.5 Å². The molecule has 2 aromatic rings. The first-order chi connectivity index (χ1) is 11.4. The van der Waals surface area contributed by atoms with Crippen LogP contribution in [0.15, 0.2) is 39.2 Å². The molecule has 0 fully saturated rings. The first kappa shape index (κ1) is 18.1. The number of hydrogen-bond acceptors (Lipinski definition) is 5. The van der Waals surface area contributed by atoms with Crippen LogP contribution in [0.3, 0.4) is 0 Å². The number of amides is 1. The number of nitrogens with zero attached hydrogens (tertiary/aromatic N) is 1. The van der Waals surface area contributed by atoms with Gasteiger partial charge in [0.25, 0.3) is 5.91 Å². The van der Waals surface area contributed by atoms with Gasteiger partial charge in [0.1, 0.15) is 17.3 Å². The number of hydrogen-bond donors (Lipinski definition) is 0. The molecule has 0 spiro atoms. The number of esters is 1. The number of carbonyl (C=O) groups excluding carboxylic acids is 2. The summed E-state index contributed by atoms with van der Waals surface area (Å²) in [5.74, 6) is 1.36. The van der Waals surface area contributed by atoms with Crippen LogP contribution in [0.25, 0.3) is 0 Å². The van der Waals surface area contributed by atoms with Crippen LogP contribution in [0.5, 0.6) is 5.75 Å². The number of aryl methyl sites for hydroxylation is 1. The molecule has 0 saturated heterocycles. The molecule has 0 radical (unpaired) electrons. The number of ether oxygens (including phenoxy) is 2. The Labute approximate surface area is 148 Å². The molecule has 0 unspecified atom stereocenters. The predicted octanol–water partition coefficient (Wildman–Crippen LogP) is 3.17. The Morgan fingerprint density at radius 3 is 2.58 bits per heavy atom. The summed E-state index contributed by atoms with van der Waals surface area (Å²) in [6.45, 7) is 2.11. The van der Waals surface area contributed by atoms with Gasteiger partial charge >= 0.3 is 5.97 Å². The van der Waals surface area contributed by atoms with Crippen molar-refractivity contribution in [2.24, 2.45) is 0 Å². The van der Waals surface area contributed by atoms with Crippen molar-refractivity contribution in [1.82, 2.24) is 4.90 Å². The summed E-state index contributed by atoms with van der Waals surface area (Å²) in [5.41, 5.74) is 0.397. The van der Waals surface area contributed by atoms with Crippen molar-refractivity contribution in [2.75, 3.05) is 20.8 Å². The highest BCUT2D eigenvalue weighted by Gasteiger charge is 2.14. The van der Waals surface area contributed by atoms with Crippen LogP contribution in [-0.2, 0) is 16.1 Å². The quantitative estimate of drug-likeness (QED) is 0.702. The van der Waals surface area contributed by atoms with Crippen molar-refractivity contribution in [3.63, 3.8) is 0 Å². The molecule has 0 bridgehead atoms. The van der Waals surface area contributed by atoms with E-state index in [1.807, 2.05) is 19.1 Å². The van der Waals surface area contributed by atoms with Crippen LogP contribution in [0.2, 0.25) is 0 Å². The van der Waals surface area contributed by atoms with Gasteiger partial charge in [-0.05, 0) is 53.2 Å². The third-order valence-corrected chi connectivity index (χ3v) is 3.94. The summed E-state index contributed by atoms with van der Waals surface area (Å²) < 4.78 is 16.2. The van der Waals surface area contributed by atoms with Crippen molar-refractivity contribution in [3.8, 4) is 5.75 Å². The molecule has 0 aliphatic carbocycles. The maximum atomic E-state index is 12.1. The second kappa shape index (κ2) is 8.01. The molecular weight excluding hydrogens is 378 g/mol. The molecule has 0 aliphatic rings. The number of carbonyl (C=O) groups is 2. The average molecular weight is 396 g/mol. The largest absolute Gasteiger partial charge is 0.483 e. The van der Waals surface area contributed by atoms with Gasteiger partial charge in [0.15, 0.2) is 6.61 Å². The number of benzene rings is 1. The van der Waals surface area contributed by atoms with Gasteiger partial charge in [-0.2, -0.15) is 0 Å². The van der Waals surface area contributed by atoms with Gasteiger partial charge in [-0.1, -0.05) is 0 Å². The van der Waals surface area contributed by atoms with E-state index in [1.54, 1.807) is 25.2 Å². The lowest BCUT2D eigenvalue weighted by molar-refractivity contribution is -0.132. The molecule has 1 aromatic heterocycles. The lowest BCUT2D eigenvalue weighted by atomic mass is 10.2. The molecule has 6 nitrogen and oxygen atoms in total. The highest BCUT2D eigenvalue weighted by molar-refractivity contribution is 9.10. The second-order valence-electron chi connectivity index (χ2n) is 5.19. The smallest absolute Gasteiger partial charge is 0.337 e. The highest BCUT2D eigenvalue weighted by Crippen LogP contribution is 2.26. The minimum atomic E-state index is -0.438. The first-order valence-corrected chi connectivity index (χ1v) is 8.00. The van der Waals surface area contributed by atoms with E-state index in [9.17, 15) is 9.59 Å². The van der Waals surface area contributed by atoms with E-state index in [4.69, 9.17) is 9.15 Å². The summed E-state index contributed by atoms with van der Waals surface area (Å²) >= 11 is 3.32. The standard InChI is InChI=1S/C17H18BrNO5/c1-11-4-6-13(24-11)9-19(2)16(20)10-23-15-7-5-12(8-14(15)18)17(21)22-3/h4-8H,9-10H2,1-3H3. The predicted molar refractivity (Wildman–Crippen MR) is 90.9 cm³/mol. The summed E-state index contributed by atoms with van der Waals surface area (Å²) in [6, 6.07) is 8.46. The molecule has 1 amide bonds. The molecule has 0 N–H and O–H groups in total. The lowest BCUT2D eigenvalue weighted by Gasteiger charge is -2.16. The molecule has 24 heavy (non-hydrogen) atoms. The number of halogens is 1. The zero-order chi connectivity index (χ0) is 17.7. The van der Waals surface area contributed by atoms with Crippen LogP contribution in [0, 0.1) is 6.92 Å². The molecule has 0 saturated carbocycles. The first-order valence-electron chi connectivity index (χ1n) is 7.20. The van der Waals surface area contributed by atoms with E-state index in [2.05, 4.69) is 20.7 Å². The zero-order valence-electron chi connectivity index (χ0n) is 13.7. The molecule has 2 rings (SSSR count). The van der Waals surface area contributed by atoms with Crippen molar-refractivity contribution in [1.29, 1.82) is 0 Å². The Hall–Kier alpha value is -2.28. The maximum Gasteiger partial charge on any atom is 0.337 e. The monoisotopic (exact) mass is 395 g/mol. The number of methoxy groups -OCH3 is 1. The Bertz CT molecular complexity index is 740. The van der Waals surface area contributed by atoms with E-state index < -0.39 is 5.97 Å². The van der Waals surface area contributed by atoms with Crippen LogP contribution < -0.4 is 4.74 Å². The molecule has 1 heterocycles. The van der Waals surface area contributed by atoms with Crippen molar-refractivity contribution in [3.05, 3.63) is 51.9 Å².